The zero-order valence-corrected chi connectivity index (χ0v) is 18.4. The Balaban J connectivity index is 2.90. The fraction of sp³-hybridized carbons (Fsp3) is 0.400. The van der Waals surface area contributed by atoms with Crippen LogP contribution in [0.4, 0.5) is 17.6 Å². The number of carbonyl (C=O) groups is 2. The number of benzene rings is 1. The molecule has 1 aliphatic rings. The van der Waals surface area contributed by atoms with Crippen molar-refractivity contribution in [3.63, 3.8) is 0 Å². The minimum atomic E-state index is -4.88. The maximum Gasteiger partial charge on any atom is 0.417 e. The van der Waals surface area contributed by atoms with Gasteiger partial charge in [0.1, 0.15) is 6.67 Å². The van der Waals surface area contributed by atoms with Gasteiger partial charge in [-0.3, -0.25) is 0 Å². The van der Waals surface area contributed by atoms with E-state index in [9.17, 15) is 27.2 Å². The minimum absolute atomic E-state index is 0.0838. The summed E-state index contributed by atoms with van der Waals surface area (Å²) in [6.45, 7) is 3.35. The molecule has 0 spiro atoms. The summed E-state index contributed by atoms with van der Waals surface area (Å²) < 4.78 is 64.3. The highest BCUT2D eigenvalue weighted by Crippen LogP contribution is 2.46. The number of ether oxygens (including phenoxy) is 2. The second kappa shape index (κ2) is 9.48. The Labute approximate surface area is 186 Å². The molecule has 0 saturated heterocycles. The number of dihydropyridines is 1. The number of nitrogens with one attached hydrogen (secondary N) is 1. The molecule has 1 aliphatic heterocycles. The van der Waals surface area contributed by atoms with Crippen LogP contribution in [-0.2, 0) is 25.2 Å². The predicted octanol–water partition coefficient (Wildman–Crippen LogP) is 5.32. The first-order chi connectivity index (χ1) is 14.3. The molecule has 31 heavy (non-hydrogen) atoms. The lowest BCUT2D eigenvalue weighted by Crippen LogP contribution is -2.34. The lowest BCUT2D eigenvalue weighted by molar-refractivity contribution is -0.143. The van der Waals surface area contributed by atoms with Gasteiger partial charge >= 0.3 is 18.1 Å². The van der Waals surface area contributed by atoms with Crippen LogP contribution in [0, 0.1) is 0 Å². The summed E-state index contributed by atoms with van der Waals surface area (Å²) in [5.41, 5.74) is -2.41. The van der Waals surface area contributed by atoms with Gasteiger partial charge in [-0.2, -0.15) is 13.2 Å². The fourth-order valence-corrected chi connectivity index (χ4v) is 3.79. The van der Waals surface area contributed by atoms with Gasteiger partial charge in [0.15, 0.2) is 0 Å². The molecule has 1 N–H and O–H groups in total. The van der Waals surface area contributed by atoms with Crippen LogP contribution < -0.4 is 5.32 Å². The second-order valence-electron chi connectivity index (χ2n) is 6.92. The fourth-order valence-electron chi connectivity index (χ4n) is 3.24. The first kappa shape index (κ1) is 25.0. The number of hydrogen-bond acceptors (Lipinski definition) is 5. The minimum Gasteiger partial charge on any atom is -0.466 e. The van der Waals surface area contributed by atoms with Gasteiger partial charge in [0.25, 0.3) is 0 Å². The van der Waals surface area contributed by atoms with Gasteiger partial charge < -0.3 is 14.8 Å². The van der Waals surface area contributed by atoms with Crippen molar-refractivity contribution in [1.29, 1.82) is 0 Å². The van der Waals surface area contributed by atoms with Gasteiger partial charge in [-0.05, 0) is 38.5 Å². The van der Waals surface area contributed by atoms with Crippen LogP contribution in [0.1, 0.15) is 37.8 Å². The van der Waals surface area contributed by atoms with E-state index in [-0.39, 0.29) is 27.6 Å². The lowest BCUT2D eigenvalue weighted by atomic mass is 9.79. The van der Waals surface area contributed by atoms with Crippen LogP contribution in [0.25, 0.3) is 0 Å². The molecule has 0 saturated carbocycles. The average molecular weight is 484 g/mol. The number of hydrogen-bond donors (Lipinski definition) is 1. The van der Waals surface area contributed by atoms with Crippen molar-refractivity contribution in [3.05, 3.63) is 55.8 Å². The van der Waals surface area contributed by atoms with Crippen molar-refractivity contribution in [2.45, 2.75) is 39.0 Å². The molecule has 1 aromatic rings. The van der Waals surface area contributed by atoms with Crippen LogP contribution in [0.5, 0.6) is 0 Å². The maximum absolute atomic E-state index is 13.8. The topological polar surface area (TPSA) is 64.6 Å². The zero-order valence-electron chi connectivity index (χ0n) is 16.9. The molecule has 0 aliphatic carbocycles. The third kappa shape index (κ3) is 5.15. The van der Waals surface area contributed by atoms with Crippen LogP contribution in [0.15, 0.2) is 34.7 Å². The summed E-state index contributed by atoms with van der Waals surface area (Å²) in [6.07, 6.45) is -5.46. The molecule has 0 bridgehead atoms. The first-order valence-corrected chi connectivity index (χ1v) is 9.71. The SMILES string of the molecule is COC(=O)C1=C(CF)NC(C)=C(C(=O)OC(C)C)C1c1cc(Cl)cc(C(F)(F)F)c1Cl. The molecule has 0 amide bonds. The average Bonchev–Trinajstić information content (AvgIpc) is 2.66. The zero-order chi connectivity index (χ0) is 23.7. The third-order valence-corrected chi connectivity index (χ3v) is 5.07. The first-order valence-electron chi connectivity index (χ1n) is 8.95. The van der Waals surface area contributed by atoms with E-state index in [1.165, 1.54) is 6.92 Å². The Morgan fingerprint density at radius 1 is 1.16 bits per heavy atom. The molecule has 2 rings (SSSR count). The molecule has 0 aromatic heterocycles. The molecule has 5 nitrogen and oxygen atoms in total. The quantitative estimate of drug-likeness (QED) is 0.453. The normalized spacial score (nSPS) is 17.1. The molecular weight excluding hydrogens is 465 g/mol. The molecule has 1 aromatic carbocycles. The van der Waals surface area contributed by atoms with E-state index in [1.54, 1.807) is 13.8 Å². The van der Waals surface area contributed by atoms with Gasteiger partial charge in [-0.15, -0.1) is 0 Å². The van der Waals surface area contributed by atoms with Crippen molar-refractivity contribution >= 4 is 35.1 Å². The highest BCUT2D eigenvalue weighted by Gasteiger charge is 2.42. The Kier molecular flexibility index (Phi) is 7.65. The van der Waals surface area contributed by atoms with E-state index in [2.05, 4.69) is 5.32 Å². The molecular formula is C20H19Cl2F4NO4. The Morgan fingerprint density at radius 2 is 1.77 bits per heavy atom. The van der Waals surface area contributed by atoms with Gasteiger partial charge in [0, 0.05) is 10.7 Å². The summed E-state index contributed by atoms with van der Waals surface area (Å²) in [7, 11) is 1.01. The van der Waals surface area contributed by atoms with Crippen molar-refractivity contribution in [2.75, 3.05) is 13.8 Å². The standard InChI is InChI=1S/C20H19Cl2F4NO4/c1-8(2)31-19(29)14-9(3)27-13(7-23)16(18(28)30-4)15(14)11-5-10(21)6-12(17(11)22)20(24,25)26/h5-6,8,15,27H,7H2,1-4H3. The Bertz CT molecular complexity index is 971. The van der Waals surface area contributed by atoms with Gasteiger partial charge in [-0.1, -0.05) is 23.2 Å². The smallest absolute Gasteiger partial charge is 0.417 e. The second-order valence-corrected chi connectivity index (χ2v) is 7.74. The maximum atomic E-state index is 13.8. The molecule has 170 valence electrons. The number of halogens is 6. The van der Waals surface area contributed by atoms with E-state index in [0.717, 1.165) is 13.2 Å². The number of rotatable bonds is 5. The van der Waals surface area contributed by atoms with Gasteiger partial charge in [-0.25, -0.2) is 14.0 Å². The van der Waals surface area contributed by atoms with Crippen LogP contribution in [0.3, 0.4) is 0 Å². The highest BCUT2D eigenvalue weighted by atomic mass is 35.5. The Hall–Kier alpha value is -2.26. The van der Waals surface area contributed by atoms with Crippen LogP contribution in [0.2, 0.25) is 10.0 Å². The summed E-state index contributed by atoms with van der Waals surface area (Å²) in [6, 6.07) is 1.71. The molecule has 1 atom stereocenters. The number of carbonyl (C=O) groups excluding carboxylic acids is 2. The van der Waals surface area contributed by atoms with Crippen LogP contribution >= 0.6 is 23.2 Å². The summed E-state index contributed by atoms with van der Waals surface area (Å²) in [5.74, 6) is -3.50. The molecule has 0 fully saturated rings. The van der Waals surface area contributed by atoms with Crippen molar-refractivity contribution in [3.8, 4) is 0 Å². The summed E-state index contributed by atoms with van der Waals surface area (Å²) in [5, 5.41) is 1.47. The number of allylic oxidation sites excluding steroid dienone is 2. The number of alkyl halides is 4. The van der Waals surface area contributed by atoms with Gasteiger partial charge in [0.05, 0.1) is 46.6 Å². The Morgan fingerprint density at radius 3 is 2.26 bits per heavy atom. The van der Waals surface area contributed by atoms with Gasteiger partial charge in [0.2, 0.25) is 0 Å². The lowest BCUT2D eigenvalue weighted by Gasteiger charge is -2.32. The van der Waals surface area contributed by atoms with E-state index in [0.29, 0.717) is 6.07 Å². The van der Waals surface area contributed by atoms with E-state index in [1.807, 2.05) is 0 Å². The number of esters is 2. The summed E-state index contributed by atoms with van der Waals surface area (Å²) in [4.78, 5) is 25.4. The highest BCUT2D eigenvalue weighted by molar-refractivity contribution is 6.34. The molecule has 11 heteroatoms. The third-order valence-electron chi connectivity index (χ3n) is 4.43. The van der Waals surface area contributed by atoms with E-state index < -0.39 is 53.0 Å². The number of methoxy groups -OCH3 is 1. The van der Waals surface area contributed by atoms with E-state index >= 15 is 0 Å². The van der Waals surface area contributed by atoms with E-state index in [4.69, 9.17) is 32.7 Å². The molecule has 0 radical (unpaired) electrons. The monoisotopic (exact) mass is 483 g/mol. The van der Waals surface area contributed by atoms with Crippen molar-refractivity contribution in [2.24, 2.45) is 0 Å². The predicted molar refractivity (Wildman–Crippen MR) is 106 cm³/mol. The molecule has 1 heterocycles. The van der Waals surface area contributed by atoms with Crippen molar-refractivity contribution < 1.29 is 36.6 Å². The molecule has 1 unspecified atom stereocenters. The van der Waals surface area contributed by atoms with Crippen molar-refractivity contribution in [1.82, 2.24) is 5.32 Å². The van der Waals surface area contributed by atoms with Crippen LogP contribution in [-0.4, -0.2) is 31.8 Å². The summed E-state index contributed by atoms with van der Waals surface area (Å²) >= 11 is 12.0. The largest absolute Gasteiger partial charge is 0.466 e.